The highest BCUT2D eigenvalue weighted by Crippen LogP contribution is 2.23. The van der Waals surface area contributed by atoms with Crippen LogP contribution in [0.25, 0.3) is 0 Å². The largest absolute Gasteiger partial charge is 0.464 e. The second kappa shape index (κ2) is 7.17. The van der Waals surface area contributed by atoms with E-state index in [1.807, 2.05) is 0 Å². The number of aromatic nitrogens is 2. The van der Waals surface area contributed by atoms with Crippen LogP contribution in [0.5, 0.6) is 0 Å². The summed E-state index contributed by atoms with van der Waals surface area (Å²) in [4.78, 5) is 29.5. The lowest BCUT2D eigenvalue weighted by Crippen LogP contribution is -2.28. The minimum absolute atomic E-state index is 0.185. The molecule has 0 spiro atoms. The van der Waals surface area contributed by atoms with Crippen molar-refractivity contribution in [1.82, 2.24) is 9.97 Å². The first-order valence-corrected chi connectivity index (χ1v) is 8.40. The molecule has 10 nitrogen and oxygen atoms in total. The van der Waals surface area contributed by atoms with Gasteiger partial charge in [-0.3, -0.25) is 14.8 Å². The summed E-state index contributed by atoms with van der Waals surface area (Å²) >= 11 is 0. The molecule has 0 aliphatic heterocycles. The number of hydrogen-bond donors (Lipinski definition) is 1. The van der Waals surface area contributed by atoms with Crippen LogP contribution < -0.4 is 4.72 Å². The molecule has 0 fully saturated rings. The molecule has 128 valence electrons. The molecule has 0 saturated carbocycles. The molecule has 0 bridgehead atoms. The first-order valence-electron chi connectivity index (χ1n) is 6.75. The summed E-state index contributed by atoms with van der Waals surface area (Å²) in [6.07, 6.45) is 7.06. The molecule has 1 aromatic heterocycles. The highest BCUT2D eigenvalue weighted by molar-refractivity contribution is 7.92. The van der Waals surface area contributed by atoms with E-state index in [2.05, 4.69) is 19.4 Å². The van der Waals surface area contributed by atoms with Gasteiger partial charge >= 0.3 is 5.97 Å². The number of anilines is 1. The van der Waals surface area contributed by atoms with Gasteiger partial charge in [0.2, 0.25) is 10.0 Å². The van der Waals surface area contributed by atoms with Gasteiger partial charge in [0.05, 0.1) is 23.7 Å². The third-order valence-corrected chi connectivity index (χ3v) is 4.55. The molecule has 0 saturated heterocycles. The number of nitrogens with one attached hydrogen (secondary N) is 1. The van der Waals surface area contributed by atoms with Crippen molar-refractivity contribution in [3.63, 3.8) is 0 Å². The Morgan fingerprint density at radius 2 is 2.17 bits per heavy atom. The SMILES string of the molecule is COC(=O)c1nccnc1NS(=O)(=O)CC1CC=CC=C1[N+](=O)[O-]. The Balaban J connectivity index is 2.21. The molecule has 1 aromatic rings. The van der Waals surface area contributed by atoms with Crippen molar-refractivity contribution in [2.75, 3.05) is 17.6 Å². The molecule has 2 rings (SSSR count). The maximum absolute atomic E-state index is 12.3. The van der Waals surface area contributed by atoms with Crippen molar-refractivity contribution in [2.45, 2.75) is 6.42 Å². The Morgan fingerprint density at radius 3 is 2.83 bits per heavy atom. The summed E-state index contributed by atoms with van der Waals surface area (Å²) in [6.45, 7) is 0. The normalized spacial score (nSPS) is 17.0. The van der Waals surface area contributed by atoms with Crippen molar-refractivity contribution in [1.29, 1.82) is 0 Å². The van der Waals surface area contributed by atoms with Crippen molar-refractivity contribution in [3.8, 4) is 0 Å². The van der Waals surface area contributed by atoms with Gasteiger partial charge in [-0.15, -0.1) is 0 Å². The summed E-state index contributed by atoms with van der Waals surface area (Å²) in [5.41, 5.74) is -0.479. The number of allylic oxidation sites excluding steroid dienone is 4. The predicted octanol–water partition coefficient (Wildman–Crippen LogP) is 0.742. The number of sulfonamides is 1. The van der Waals surface area contributed by atoms with Gasteiger partial charge in [-0.05, 0) is 6.42 Å². The van der Waals surface area contributed by atoms with Crippen LogP contribution in [-0.4, -0.2) is 42.1 Å². The fourth-order valence-corrected chi connectivity index (χ4v) is 3.51. The van der Waals surface area contributed by atoms with E-state index in [1.54, 1.807) is 6.08 Å². The number of ether oxygens (including phenoxy) is 1. The first kappa shape index (κ1) is 17.5. The van der Waals surface area contributed by atoms with Crippen molar-refractivity contribution < 1.29 is 22.9 Å². The van der Waals surface area contributed by atoms with E-state index >= 15 is 0 Å². The lowest BCUT2D eigenvalue weighted by atomic mass is 9.99. The van der Waals surface area contributed by atoms with E-state index in [9.17, 15) is 23.3 Å². The number of rotatable bonds is 6. The summed E-state index contributed by atoms with van der Waals surface area (Å²) in [7, 11) is -2.88. The Kier molecular flexibility index (Phi) is 5.24. The van der Waals surface area contributed by atoms with Gasteiger partial charge in [0.1, 0.15) is 0 Å². The average molecular weight is 354 g/mol. The zero-order chi connectivity index (χ0) is 17.7. The van der Waals surface area contributed by atoms with Gasteiger partial charge in [-0.25, -0.2) is 23.2 Å². The molecule has 24 heavy (non-hydrogen) atoms. The summed E-state index contributed by atoms with van der Waals surface area (Å²) < 4.78 is 31.2. The van der Waals surface area contributed by atoms with Crippen LogP contribution in [-0.2, 0) is 14.8 Å². The predicted molar refractivity (Wildman–Crippen MR) is 83.1 cm³/mol. The molecule has 1 unspecified atom stereocenters. The van der Waals surface area contributed by atoms with Gasteiger partial charge in [0.15, 0.2) is 11.5 Å². The Bertz CT molecular complexity index is 818. The zero-order valence-electron chi connectivity index (χ0n) is 12.6. The maximum Gasteiger partial charge on any atom is 0.360 e. The van der Waals surface area contributed by atoms with Crippen LogP contribution in [0.4, 0.5) is 5.82 Å². The molecule has 0 amide bonds. The Morgan fingerprint density at radius 1 is 1.46 bits per heavy atom. The lowest BCUT2D eigenvalue weighted by Gasteiger charge is -2.16. The first-order chi connectivity index (χ1) is 11.3. The van der Waals surface area contributed by atoms with E-state index in [4.69, 9.17) is 0 Å². The van der Waals surface area contributed by atoms with Gasteiger partial charge in [-0.2, -0.15) is 0 Å². The number of carbonyl (C=O) groups excluding carboxylic acids is 1. The molecule has 11 heteroatoms. The van der Waals surface area contributed by atoms with Crippen molar-refractivity contribution >= 4 is 21.8 Å². The average Bonchev–Trinajstić information content (AvgIpc) is 2.54. The van der Waals surface area contributed by atoms with Gasteiger partial charge in [0, 0.05) is 18.5 Å². The van der Waals surface area contributed by atoms with Gasteiger partial charge < -0.3 is 4.74 Å². The van der Waals surface area contributed by atoms with Crippen molar-refractivity contribution in [3.05, 3.63) is 52.1 Å². The van der Waals surface area contributed by atoms with E-state index in [1.165, 1.54) is 24.5 Å². The smallest absolute Gasteiger partial charge is 0.360 e. The van der Waals surface area contributed by atoms with Crippen LogP contribution >= 0.6 is 0 Å². The highest BCUT2D eigenvalue weighted by atomic mass is 32.2. The number of carbonyl (C=O) groups is 1. The topological polar surface area (TPSA) is 141 Å². The molecule has 0 aromatic carbocycles. The van der Waals surface area contributed by atoms with Crippen LogP contribution in [0.2, 0.25) is 0 Å². The molecule has 1 N–H and O–H groups in total. The lowest BCUT2D eigenvalue weighted by molar-refractivity contribution is -0.433. The fourth-order valence-electron chi connectivity index (χ4n) is 2.14. The number of nitro groups is 1. The summed E-state index contributed by atoms with van der Waals surface area (Å²) in [5.74, 6) is -2.48. The minimum atomic E-state index is -4.00. The molecule has 1 heterocycles. The highest BCUT2D eigenvalue weighted by Gasteiger charge is 2.31. The summed E-state index contributed by atoms with van der Waals surface area (Å²) in [5, 5.41) is 11.0. The van der Waals surface area contributed by atoms with Gasteiger partial charge in [0.25, 0.3) is 5.70 Å². The number of nitrogens with zero attached hydrogens (tertiary/aromatic N) is 3. The molecule has 1 atom stereocenters. The third-order valence-electron chi connectivity index (χ3n) is 3.20. The van der Waals surface area contributed by atoms with Gasteiger partial charge in [-0.1, -0.05) is 12.2 Å². The van der Waals surface area contributed by atoms with Crippen LogP contribution in [0.15, 0.2) is 36.3 Å². The summed E-state index contributed by atoms with van der Waals surface area (Å²) in [6, 6.07) is 0. The molecule has 1 aliphatic rings. The quantitative estimate of drug-likeness (QED) is 0.448. The molecular formula is C13H14N4O6S. The molecule has 1 aliphatic carbocycles. The second-order valence-corrected chi connectivity index (χ2v) is 6.60. The Hall–Kier alpha value is -2.82. The molecular weight excluding hydrogens is 340 g/mol. The Labute approximate surface area is 137 Å². The van der Waals surface area contributed by atoms with E-state index < -0.39 is 32.6 Å². The molecule has 0 radical (unpaired) electrons. The number of hydrogen-bond acceptors (Lipinski definition) is 8. The van der Waals surface area contributed by atoms with E-state index in [0.717, 1.165) is 7.11 Å². The number of methoxy groups -OCH3 is 1. The zero-order valence-corrected chi connectivity index (χ0v) is 13.4. The third kappa shape index (κ3) is 4.13. The fraction of sp³-hybridized carbons (Fsp3) is 0.308. The van der Waals surface area contributed by atoms with Crippen LogP contribution in [0, 0.1) is 16.0 Å². The monoisotopic (exact) mass is 354 g/mol. The minimum Gasteiger partial charge on any atom is -0.464 e. The second-order valence-electron chi connectivity index (χ2n) is 4.84. The van der Waals surface area contributed by atoms with Crippen molar-refractivity contribution in [2.24, 2.45) is 5.92 Å². The van der Waals surface area contributed by atoms with E-state index in [0.29, 0.717) is 0 Å². The van der Waals surface area contributed by atoms with Crippen LogP contribution in [0.1, 0.15) is 16.9 Å². The maximum atomic E-state index is 12.3. The standard InChI is InChI=1S/C13H14N4O6S/c1-23-13(18)11-12(15-7-6-14-11)16-24(21,22)8-9-4-2-3-5-10(9)17(19)20/h2-3,5-7,9H,4,8H2,1H3,(H,15,16). The number of esters is 1. The van der Waals surface area contributed by atoms with E-state index in [-0.39, 0.29) is 23.6 Å². The van der Waals surface area contributed by atoms with Crippen LogP contribution in [0.3, 0.4) is 0 Å².